The van der Waals surface area contributed by atoms with Gasteiger partial charge in [0.25, 0.3) is 0 Å². The second kappa shape index (κ2) is 7.69. The van der Waals surface area contributed by atoms with Crippen molar-refractivity contribution >= 4 is 18.0 Å². The summed E-state index contributed by atoms with van der Waals surface area (Å²) in [5.41, 5.74) is 3.05. The molecule has 1 aromatic carbocycles. The van der Waals surface area contributed by atoms with E-state index in [1.54, 1.807) is 6.08 Å². The lowest BCUT2D eigenvalue weighted by atomic mass is 9.81. The maximum absolute atomic E-state index is 12.5. The minimum atomic E-state index is -0.911. The van der Waals surface area contributed by atoms with Crippen LogP contribution in [0.25, 0.3) is 6.08 Å². The molecular weight excluding hydrogens is 380 g/mol. The summed E-state index contributed by atoms with van der Waals surface area (Å²) >= 11 is 0. The molecule has 1 aliphatic heterocycles. The lowest BCUT2D eigenvalue weighted by Gasteiger charge is -2.31. The van der Waals surface area contributed by atoms with Crippen LogP contribution in [0.3, 0.4) is 0 Å². The lowest BCUT2D eigenvalue weighted by molar-refractivity contribution is -0.143. The third kappa shape index (κ3) is 3.71. The van der Waals surface area contributed by atoms with E-state index in [4.69, 9.17) is 9.47 Å². The van der Waals surface area contributed by atoms with E-state index in [-0.39, 0.29) is 29.8 Å². The van der Waals surface area contributed by atoms with Gasteiger partial charge in [0.05, 0.1) is 11.5 Å². The van der Waals surface area contributed by atoms with Crippen LogP contribution in [0.4, 0.5) is 0 Å². The Bertz CT molecular complexity index is 908. The molecule has 4 rings (SSSR count). The van der Waals surface area contributed by atoms with Crippen molar-refractivity contribution in [2.75, 3.05) is 0 Å². The zero-order valence-corrected chi connectivity index (χ0v) is 18.1. The first-order valence-corrected chi connectivity index (χ1v) is 10.8. The molecule has 1 heterocycles. The number of esters is 2. The largest absolute Gasteiger partial charge is 0.457 e. The van der Waals surface area contributed by atoms with Crippen molar-refractivity contribution < 1.29 is 24.2 Å². The SMILES string of the molecule is CC1=C2C(C[C@@H]1OC(=O)/C=C/c1ccc(C)cc1)[C@](C)(O)CC[C@H]1[C@H](C)C(=O)O[C@H]21. The van der Waals surface area contributed by atoms with E-state index in [1.165, 1.54) is 6.08 Å². The summed E-state index contributed by atoms with van der Waals surface area (Å²) in [7, 11) is 0. The van der Waals surface area contributed by atoms with Gasteiger partial charge < -0.3 is 14.6 Å². The Morgan fingerprint density at radius 1 is 1.27 bits per heavy atom. The summed E-state index contributed by atoms with van der Waals surface area (Å²) in [6, 6.07) is 7.89. The molecule has 1 unspecified atom stereocenters. The minimum absolute atomic E-state index is 0.0646. The van der Waals surface area contributed by atoms with Gasteiger partial charge in [-0.05, 0) is 62.8 Å². The molecule has 1 saturated heterocycles. The van der Waals surface area contributed by atoms with Crippen LogP contribution < -0.4 is 0 Å². The zero-order valence-electron chi connectivity index (χ0n) is 18.1. The highest BCUT2D eigenvalue weighted by Gasteiger charge is 2.55. The number of hydrogen-bond acceptors (Lipinski definition) is 5. The summed E-state index contributed by atoms with van der Waals surface area (Å²) in [6.45, 7) is 7.70. The third-order valence-electron chi connectivity index (χ3n) is 7.20. The number of carbonyl (C=O) groups excluding carboxylic acids is 2. The molecule has 0 radical (unpaired) electrons. The summed E-state index contributed by atoms with van der Waals surface area (Å²) < 4.78 is 11.5. The molecule has 30 heavy (non-hydrogen) atoms. The minimum Gasteiger partial charge on any atom is -0.457 e. The van der Waals surface area contributed by atoms with Gasteiger partial charge in [-0.3, -0.25) is 4.79 Å². The zero-order chi connectivity index (χ0) is 21.6. The number of fused-ring (bicyclic) bond motifs is 3. The van der Waals surface area contributed by atoms with Crippen LogP contribution in [0.15, 0.2) is 41.5 Å². The monoisotopic (exact) mass is 410 g/mol. The molecule has 6 atom stereocenters. The highest BCUT2D eigenvalue weighted by Crippen LogP contribution is 2.52. The Morgan fingerprint density at radius 3 is 2.67 bits per heavy atom. The van der Waals surface area contributed by atoms with Gasteiger partial charge in [0.2, 0.25) is 0 Å². The van der Waals surface area contributed by atoms with E-state index >= 15 is 0 Å². The molecule has 3 aliphatic rings. The second-order valence-corrected chi connectivity index (χ2v) is 9.30. The number of ether oxygens (including phenoxy) is 2. The Labute approximate surface area is 177 Å². The van der Waals surface area contributed by atoms with Gasteiger partial charge in [0.1, 0.15) is 12.2 Å². The lowest BCUT2D eigenvalue weighted by Crippen LogP contribution is -2.35. The molecule has 2 aliphatic carbocycles. The van der Waals surface area contributed by atoms with Crippen molar-refractivity contribution in [2.45, 2.75) is 64.8 Å². The molecule has 5 nitrogen and oxygen atoms in total. The highest BCUT2D eigenvalue weighted by molar-refractivity contribution is 5.87. The summed E-state index contributed by atoms with van der Waals surface area (Å²) in [5, 5.41) is 11.1. The molecule has 0 aromatic heterocycles. The van der Waals surface area contributed by atoms with Gasteiger partial charge in [-0.15, -0.1) is 0 Å². The highest BCUT2D eigenvalue weighted by atomic mass is 16.6. The number of carbonyl (C=O) groups is 2. The molecule has 0 amide bonds. The molecular formula is C25H30O5. The first-order chi connectivity index (χ1) is 14.2. The third-order valence-corrected chi connectivity index (χ3v) is 7.20. The van der Waals surface area contributed by atoms with E-state index in [9.17, 15) is 14.7 Å². The first-order valence-electron chi connectivity index (χ1n) is 10.8. The normalized spacial score (nSPS) is 35.8. The van der Waals surface area contributed by atoms with E-state index in [1.807, 2.05) is 52.0 Å². The van der Waals surface area contributed by atoms with Crippen LogP contribution >= 0.6 is 0 Å². The van der Waals surface area contributed by atoms with Crippen molar-refractivity contribution in [3.8, 4) is 0 Å². The molecule has 5 heteroatoms. The van der Waals surface area contributed by atoms with Crippen molar-refractivity contribution in [1.29, 1.82) is 0 Å². The van der Waals surface area contributed by atoms with E-state index in [0.29, 0.717) is 12.8 Å². The van der Waals surface area contributed by atoms with E-state index < -0.39 is 17.7 Å². The average molecular weight is 411 g/mol. The molecule has 1 saturated carbocycles. The molecule has 1 N–H and O–H groups in total. The Morgan fingerprint density at radius 2 is 1.97 bits per heavy atom. The fourth-order valence-corrected chi connectivity index (χ4v) is 5.23. The topological polar surface area (TPSA) is 72.8 Å². The van der Waals surface area contributed by atoms with Crippen LogP contribution in [0, 0.1) is 24.7 Å². The predicted octanol–water partition coefficient (Wildman–Crippen LogP) is 3.98. The summed E-state index contributed by atoms with van der Waals surface area (Å²) in [4.78, 5) is 24.7. The maximum atomic E-state index is 12.5. The standard InChI is InChI=1S/C25H30O5/c1-14-5-7-17(8-6-14)9-10-21(26)29-20-13-19-22(16(20)3)23-18(11-12-25(19,4)28)15(2)24(27)30-23/h5-10,15,18-20,23,28H,11-13H2,1-4H3/b10-9+/t15-,18-,19?,20-,23-,25+/m0/s1. The number of aryl methyl sites for hydroxylation is 1. The molecule has 160 valence electrons. The Kier molecular flexibility index (Phi) is 5.35. The second-order valence-electron chi connectivity index (χ2n) is 9.30. The summed E-state index contributed by atoms with van der Waals surface area (Å²) in [6.07, 6.45) is 4.32. The quantitative estimate of drug-likeness (QED) is 0.464. The number of hydrogen-bond donors (Lipinski definition) is 1. The van der Waals surface area contributed by atoms with Crippen molar-refractivity contribution in [2.24, 2.45) is 17.8 Å². The van der Waals surface area contributed by atoms with Crippen LogP contribution in [0.2, 0.25) is 0 Å². The fourth-order valence-electron chi connectivity index (χ4n) is 5.23. The molecule has 1 aromatic rings. The van der Waals surface area contributed by atoms with Gasteiger partial charge in [-0.1, -0.05) is 36.8 Å². The summed E-state index contributed by atoms with van der Waals surface area (Å²) in [5.74, 6) is -0.875. The van der Waals surface area contributed by atoms with Crippen molar-refractivity contribution in [3.05, 3.63) is 52.6 Å². The predicted molar refractivity (Wildman–Crippen MR) is 113 cm³/mol. The van der Waals surface area contributed by atoms with E-state index in [2.05, 4.69) is 0 Å². The first kappa shape index (κ1) is 20.9. The Hall–Kier alpha value is -2.40. The van der Waals surface area contributed by atoms with Gasteiger partial charge in [0, 0.05) is 17.9 Å². The maximum Gasteiger partial charge on any atom is 0.331 e. The molecule has 0 spiro atoms. The van der Waals surface area contributed by atoms with Crippen LogP contribution in [0.1, 0.15) is 51.2 Å². The van der Waals surface area contributed by atoms with Crippen LogP contribution in [-0.4, -0.2) is 34.9 Å². The van der Waals surface area contributed by atoms with Crippen molar-refractivity contribution in [1.82, 2.24) is 0 Å². The number of benzene rings is 1. The van der Waals surface area contributed by atoms with Gasteiger partial charge in [0.15, 0.2) is 0 Å². The number of aliphatic hydroxyl groups is 1. The van der Waals surface area contributed by atoms with Crippen LogP contribution in [0.5, 0.6) is 0 Å². The van der Waals surface area contributed by atoms with Crippen LogP contribution in [-0.2, 0) is 19.1 Å². The molecule has 0 bridgehead atoms. The number of rotatable bonds is 3. The van der Waals surface area contributed by atoms with Gasteiger partial charge in [-0.2, -0.15) is 0 Å². The van der Waals surface area contributed by atoms with E-state index in [0.717, 1.165) is 28.7 Å². The molecule has 2 fully saturated rings. The smallest absolute Gasteiger partial charge is 0.331 e. The van der Waals surface area contributed by atoms with Gasteiger partial charge in [-0.25, -0.2) is 4.79 Å². The van der Waals surface area contributed by atoms with Gasteiger partial charge >= 0.3 is 11.9 Å². The van der Waals surface area contributed by atoms with Crippen molar-refractivity contribution in [3.63, 3.8) is 0 Å². The average Bonchev–Trinajstić information content (AvgIpc) is 3.13. The Balaban J connectivity index is 1.54. The fraction of sp³-hybridized carbons (Fsp3) is 0.520.